The maximum absolute atomic E-state index is 12.5. The van der Waals surface area contributed by atoms with Gasteiger partial charge in [-0.15, -0.1) is 0 Å². The van der Waals surface area contributed by atoms with E-state index < -0.39 is 0 Å². The van der Waals surface area contributed by atoms with Gasteiger partial charge in [-0.3, -0.25) is 9.89 Å². The highest BCUT2D eigenvalue weighted by Gasteiger charge is 2.15. The van der Waals surface area contributed by atoms with Gasteiger partial charge in [0.1, 0.15) is 0 Å². The van der Waals surface area contributed by atoms with Crippen LogP contribution in [0.5, 0.6) is 0 Å². The van der Waals surface area contributed by atoms with Gasteiger partial charge in [-0.05, 0) is 29.7 Å². The lowest BCUT2D eigenvalue weighted by atomic mass is 10.0. The van der Waals surface area contributed by atoms with E-state index in [0.29, 0.717) is 12.1 Å². The first kappa shape index (κ1) is 16.5. The van der Waals surface area contributed by atoms with Crippen molar-refractivity contribution in [3.05, 3.63) is 75.9 Å². The summed E-state index contributed by atoms with van der Waals surface area (Å²) in [7, 11) is 0. The number of hydrogen-bond acceptors (Lipinski definition) is 2. The van der Waals surface area contributed by atoms with Crippen molar-refractivity contribution in [1.29, 1.82) is 0 Å². The molecule has 0 aliphatic rings. The van der Waals surface area contributed by atoms with Crippen LogP contribution in [0.15, 0.2) is 59.2 Å². The van der Waals surface area contributed by atoms with Crippen molar-refractivity contribution in [3.8, 4) is 11.3 Å². The van der Waals surface area contributed by atoms with E-state index in [-0.39, 0.29) is 5.91 Å². The second-order valence-corrected chi connectivity index (χ2v) is 6.44. The Balaban J connectivity index is 1.75. The monoisotopic (exact) mass is 383 g/mol. The summed E-state index contributed by atoms with van der Waals surface area (Å²) in [5.41, 5.74) is 4.55. The molecule has 1 heterocycles. The first-order chi connectivity index (χ1) is 11.7. The number of amides is 1. The molecular formula is C19H18BrN3O. The Hall–Kier alpha value is -2.40. The van der Waals surface area contributed by atoms with Crippen molar-refractivity contribution in [3.63, 3.8) is 0 Å². The average Bonchev–Trinajstić information content (AvgIpc) is 3.09. The molecule has 2 aromatic carbocycles. The molecule has 0 radical (unpaired) electrons. The Morgan fingerprint density at radius 2 is 1.96 bits per heavy atom. The van der Waals surface area contributed by atoms with E-state index in [2.05, 4.69) is 50.5 Å². The molecule has 0 aliphatic carbocycles. The molecule has 0 atom stereocenters. The van der Waals surface area contributed by atoms with Crippen molar-refractivity contribution >= 4 is 21.8 Å². The number of aromatic nitrogens is 2. The fraction of sp³-hybridized carbons (Fsp3) is 0.158. The number of hydrogen-bond donors (Lipinski definition) is 2. The molecule has 3 aromatic rings. The van der Waals surface area contributed by atoms with Crippen LogP contribution in [0.2, 0.25) is 0 Å². The van der Waals surface area contributed by atoms with Gasteiger partial charge in [-0.2, -0.15) is 5.10 Å². The number of halogens is 1. The fourth-order valence-corrected chi connectivity index (χ4v) is 2.96. The maximum atomic E-state index is 12.5. The molecule has 0 saturated carbocycles. The molecule has 0 bridgehead atoms. The zero-order valence-corrected chi connectivity index (χ0v) is 14.9. The third-order valence-electron chi connectivity index (χ3n) is 3.88. The third-order valence-corrected chi connectivity index (χ3v) is 4.37. The third kappa shape index (κ3) is 3.74. The van der Waals surface area contributed by atoms with Crippen LogP contribution in [-0.4, -0.2) is 16.1 Å². The lowest BCUT2D eigenvalue weighted by Gasteiger charge is -2.07. The first-order valence-electron chi connectivity index (χ1n) is 7.82. The normalized spacial score (nSPS) is 10.6. The van der Waals surface area contributed by atoms with Crippen molar-refractivity contribution in [1.82, 2.24) is 15.5 Å². The van der Waals surface area contributed by atoms with Gasteiger partial charge in [0.15, 0.2) is 0 Å². The van der Waals surface area contributed by atoms with Gasteiger partial charge in [0.05, 0.1) is 17.5 Å². The summed E-state index contributed by atoms with van der Waals surface area (Å²) in [4.78, 5) is 12.5. The second-order valence-electron chi connectivity index (χ2n) is 5.52. The van der Waals surface area contributed by atoms with E-state index >= 15 is 0 Å². The lowest BCUT2D eigenvalue weighted by molar-refractivity contribution is 0.0951. The molecule has 0 unspecified atom stereocenters. The molecule has 3 rings (SSSR count). The van der Waals surface area contributed by atoms with E-state index in [1.165, 1.54) is 5.56 Å². The van der Waals surface area contributed by atoms with Crippen LogP contribution in [-0.2, 0) is 13.0 Å². The van der Waals surface area contributed by atoms with Gasteiger partial charge in [-0.25, -0.2) is 0 Å². The molecule has 0 fully saturated rings. The van der Waals surface area contributed by atoms with Crippen LogP contribution in [0, 0.1) is 0 Å². The van der Waals surface area contributed by atoms with E-state index in [9.17, 15) is 4.79 Å². The second kappa shape index (κ2) is 7.45. The average molecular weight is 384 g/mol. The number of H-pyrrole nitrogens is 1. The predicted molar refractivity (Wildman–Crippen MR) is 98.7 cm³/mol. The minimum Gasteiger partial charge on any atom is -0.348 e. The van der Waals surface area contributed by atoms with E-state index in [4.69, 9.17) is 0 Å². The fourth-order valence-electron chi connectivity index (χ4n) is 2.51. The molecule has 0 aliphatic heterocycles. The summed E-state index contributed by atoms with van der Waals surface area (Å²) in [6, 6.07) is 16.0. The molecule has 2 N–H and O–H groups in total. The number of benzene rings is 2. The Morgan fingerprint density at radius 1 is 1.17 bits per heavy atom. The summed E-state index contributed by atoms with van der Waals surface area (Å²) >= 11 is 3.43. The van der Waals surface area contributed by atoms with E-state index in [1.807, 2.05) is 36.4 Å². The number of nitrogens with zero attached hydrogens (tertiary/aromatic N) is 1. The predicted octanol–water partition coefficient (Wildman–Crippen LogP) is 4.33. The molecule has 1 aromatic heterocycles. The number of carbonyl (C=O) groups excluding carboxylic acids is 1. The smallest absolute Gasteiger partial charge is 0.255 e. The van der Waals surface area contributed by atoms with E-state index in [0.717, 1.165) is 27.7 Å². The Morgan fingerprint density at radius 3 is 2.67 bits per heavy atom. The largest absolute Gasteiger partial charge is 0.348 e. The maximum Gasteiger partial charge on any atom is 0.255 e. The molecule has 5 heteroatoms. The quantitative estimate of drug-likeness (QED) is 0.688. The Bertz CT molecular complexity index is 840. The molecule has 122 valence electrons. The van der Waals surface area contributed by atoms with Gasteiger partial charge >= 0.3 is 0 Å². The zero-order valence-electron chi connectivity index (χ0n) is 13.3. The highest BCUT2D eigenvalue weighted by atomic mass is 79.9. The summed E-state index contributed by atoms with van der Waals surface area (Å²) in [6.07, 6.45) is 2.56. The van der Waals surface area contributed by atoms with E-state index in [1.54, 1.807) is 6.20 Å². The van der Waals surface area contributed by atoms with Crippen LogP contribution in [0.1, 0.15) is 28.4 Å². The highest BCUT2D eigenvalue weighted by molar-refractivity contribution is 9.10. The molecule has 0 saturated heterocycles. The highest BCUT2D eigenvalue weighted by Crippen LogP contribution is 2.22. The zero-order chi connectivity index (χ0) is 16.9. The standard InChI is InChI=1S/C19H18BrN3O/c1-2-13-6-8-15(9-7-13)18-17(12-22-23-18)19(24)21-11-14-4-3-5-16(20)10-14/h3-10,12H,2,11H2,1H3,(H,21,24)(H,22,23). The van der Waals surface area contributed by atoms with Gasteiger partial charge in [0.2, 0.25) is 0 Å². The molecule has 1 amide bonds. The van der Waals surface area contributed by atoms with Crippen LogP contribution >= 0.6 is 15.9 Å². The number of nitrogens with one attached hydrogen (secondary N) is 2. The van der Waals surface area contributed by atoms with Gasteiger partial charge in [0.25, 0.3) is 5.91 Å². The number of aromatic amines is 1. The van der Waals surface area contributed by atoms with Gasteiger partial charge in [0, 0.05) is 16.6 Å². The summed E-state index contributed by atoms with van der Waals surface area (Å²) in [6.45, 7) is 2.59. The summed E-state index contributed by atoms with van der Waals surface area (Å²) in [5, 5.41) is 9.91. The first-order valence-corrected chi connectivity index (χ1v) is 8.62. The van der Waals surface area contributed by atoms with Crippen LogP contribution < -0.4 is 5.32 Å². The van der Waals surface area contributed by atoms with Gasteiger partial charge < -0.3 is 5.32 Å². The summed E-state index contributed by atoms with van der Waals surface area (Å²) in [5.74, 6) is -0.140. The molecule has 0 spiro atoms. The Kier molecular flexibility index (Phi) is 5.11. The van der Waals surface area contributed by atoms with Crippen LogP contribution in [0.3, 0.4) is 0 Å². The van der Waals surface area contributed by atoms with Crippen molar-refractivity contribution in [2.75, 3.05) is 0 Å². The van der Waals surface area contributed by atoms with Crippen molar-refractivity contribution < 1.29 is 4.79 Å². The van der Waals surface area contributed by atoms with Crippen molar-refractivity contribution in [2.24, 2.45) is 0 Å². The molecule has 4 nitrogen and oxygen atoms in total. The molecule has 24 heavy (non-hydrogen) atoms. The molecular weight excluding hydrogens is 366 g/mol. The number of carbonyl (C=O) groups is 1. The lowest BCUT2D eigenvalue weighted by Crippen LogP contribution is -2.22. The summed E-state index contributed by atoms with van der Waals surface area (Å²) < 4.78 is 0.995. The SMILES string of the molecule is CCc1ccc(-c2[nH]ncc2C(=O)NCc2cccc(Br)c2)cc1. The topological polar surface area (TPSA) is 57.8 Å². The number of aryl methyl sites for hydroxylation is 1. The Labute approximate surface area is 149 Å². The van der Waals surface area contributed by atoms with Crippen molar-refractivity contribution in [2.45, 2.75) is 19.9 Å². The van der Waals surface area contributed by atoms with Crippen LogP contribution in [0.25, 0.3) is 11.3 Å². The number of rotatable bonds is 5. The minimum atomic E-state index is -0.140. The minimum absolute atomic E-state index is 0.140. The van der Waals surface area contributed by atoms with Gasteiger partial charge in [-0.1, -0.05) is 59.3 Å². The van der Waals surface area contributed by atoms with Crippen LogP contribution in [0.4, 0.5) is 0 Å².